The van der Waals surface area contributed by atoms with Gasteiger partial charge in [-0.25, -0.2) is 14.6 Å². The number of halogens is 2. The molecule has 0 saturated heterocycles. The number of nitrogens with two attached hydrogens (primary N) is 2. The molecule has 0 saturated carbocycles. The molecule has 2 atom stereocenters. The quantitative estimate of drug-likeness (QED) is 0.171. The number of hydrogen-bond donors (Lipinski definition) is 3. The molecule has 9 nitrogen and oxygen atoms in total. The average molecular weight is 670 g/mol. The molecule has 0 fully saturated rings. The number of carbonyl (C=O) groups is 2. The van der Waals surface area contributed by atoms with Crippen molar-refractivity contribution >= 4 is 46.8 Å². The van der Waals surface area contributed by atoms with Crippen LogP contribution in [-0.4, -0.2) is 35.2 Å². The van der Waals surface area contributed by atoms with Gasteiger partial charge in [0.15, 0.2) is 6.10 Å². The molecule has 2 unspecified atom stereocenters. The summed E-state index contributed by atoms with van der Waals surface area (Å²) >= 11 is 12.3. The molecule has 0 bridgehead atoms. The van der Waals surface area contributed by atoms with Gasteiger partial charge in [0.05, 0.1) is 0 Å². The molecule has 1 aliphatic heterocycles. The molecule has 0 aromatic heterocycles. The summed E-state index contributed by atoms with van der Waals surface area (Å²) < 4.78 is 17.3. The molecule has 4 rings (SSSR count). The Kier molecular flexibility index (Phi) is 11.2. The van der Waals surface area contributed by atoms with Crippen LogP contribution in [0.4, 0.5) is 10.5 Å². The molecule has 3 aromatic rings. The highest BCUT2D eigenvalue weighted by atomic mass is 35.5. The molecule has 5 N–H and O–H groups in total. The predicted molar refractivity (Wildman–Crippen MR) is 182 cm³/mol. The molecule has 0 radical (unpaired) electrons. The monoisotopic (exact) mass is 668 g/mol. The maximum Gasteiger partial charge on any atom is 0.407 e. The van der Waals surface area contributed by atoms with E-state index in [9.17, 15) is 9.59 Å². The van der Waals surface area contributed by atoms with Crippen molar-refractivity contribution in [2.75, 3.05) is 0 Å². The highest BCUT2D eigenvalue weighted by Gasteiger charge is 2.29. The van der Waals surface area contributed by atoms with Crippen molar-refractivity contribution in [1.29, 1.82) is 0 Å². The topological polar surface area (TPSA) is 138 Å². The lowest BCUT2D eigenvalue weighted by atomic mass is 9.97. The van der Waals surface area contributed by atoms with Crippen molar-refractivity contribution < 1.29 is 23.8 Å². The molecule has 246 valence electrons. The lowest BCUT2D eigenvalue weighted by Crippen LogP contribution is -2.35. The molecule has 1 amide bonds. The van der Waals surface area contributed by atoms with Gasteiger partial charge >= 0.3 is 12.1 Å². The summed E-state index contributed by atoms with van der Waals surface area (Å²) in [5, 5.41) is 4.01. The molecule has 0 aliphatic carbocycles. The lowest BCUT2D eigenvalue weighted by molar-refractivity contribution is -0.158. The largest absolute Gasteiger partial charge is 0.481 e. The third kappa shape index (κ3) is 9.85. The van der Waals surface area contributed by atoms with Crippen molar-refractivity contribution in [3.63, 3.8) is 0 Å². The van der Waals surface area contributed by atoms with Crippen LogP contribution in [0.2, 0.25) is 10.0 Å². The number of amidine groups is 1. The highest BCUT2D eigenvalue weighted by molar-refractivity contribution is 6.35. The van der Waals surface area contributed by atoms with Crippen LogP contribution in [0.15, 0.2) is 65.7 Å². The highest BCUT2D eigenvalue weighted by Crippen LogP contribution is 2.34. The Labute approximate surface area is 280 Å². The first-order chi connectivity index (χ1) is 21.6. The van der Waals surface area contributed by atoms with E-state index in [-0.39, 0.29) is 6.10 Å². The molecule has 46 heavy (non-hydrogen) atoms. The fourth-order valence-corrected chi connectivity index (χ4v) is 5.43. The smallest absolute Gasteiger partial charge is 0.407 e. The lowest BCUT2D eigenvalue weighted by Gasteiger charge is -2.27. The second kappa shape index (κ2) is 14.8. The Bertz CT molecular complexity index is 1610. The summed E-state index contributed by atoms with van der Waals surface area (Å²) in [6.07, 6.45) is 1.63. The summed E-state index contributed by atoms with van der Waals surface area (Å²) in [5.41, 5.74) is 14.7. The van der Waals surface area contributed by atoms with E-state index in [0.717, 1.165) is 16.7 Å². The van der Waals surface area contributed by atoms with E-state index in [1.807, 2.05) is 65.0 Å². The van der Waals surface area contributed by atoms with E-state index in [2.05, 4.69) is 10.3 Å². The van der Waals surface area contributed by atoms with Crippen molar-refractivity contribution in [1.82, 2.24) is 5.32 Å². The van der Waals surface area contributed by atoms with Gasteiger partial charge in [0.2, 0.25) is 0 Å². The number of nitrogens with one attached hydrogen (secondary N) is 1. The van der Waals surface area contributed by atoms with Crippen LogP contribution in [0.1, 0.15) is 75.8 Å². The zero-order valence-corrected chi connectivity index (χ0v) is 28.4. The molecule has 1 heterocycles. The zero-order chi connectivity index (χ0) is 33.6. The van der Waals surface area contributed by atoms with Crippen LogP contribution >= 0.6 is 23.2 Å². The maximum absolute atomic E-state index is 13.0. The molecule has 3 aromatic carbocycles. The van der Waals surface area contributed by atoms with Gasteiger partial charge in [0, 0.05) is 16.6 Å². The molecule has 1 aliphatic rings. The van der Waals surface area contributed by atoms with E-state index in [4.69, 9.17) is 48.9 Å². The normalized spacial score (nSPS) is 15.2. The number of rotatable bonds is 12. The number of alkyl carbamates (subject to hydrolysis) is 1. The Morgan fingerprint density at radius 1 is 0.957 bits per heavy atom. The average Bonchev–Trinajstić information content (AvgIpc) is 2.98. The van der Waals surface area contributed by atoms with Crippen molar-refractivity contribution in [3.05, 3.63) is 93.0 Å². The van der Waals surface area contributed by atoms with Crippen LogP contribution in [-0.2, 0) is 33.7 Å². The van der Waals surface area contributed by atoms with Gasteiger partial charge in [-0.05, 0) is 107 Å². The maximum atomic E-state index is 13.0. The van der Waals surface area contributed by atoms with Crippen LogP contribution in [0.3, 0.4) is 0 Å². The number of nitrogens with zero attached hydrogens (tertiary/aromatic N) is 1. The number of hydrogen-bond acceptors (Lipinski definition) is 8. The van der Waals surface area contributed by atoms with Crippen LogP contribution in [0, 0.1) is 0 Å². The zero-order valence-electron chi connectivity index (χ0n) is 26.9. The van der Waals surface area contributed by atoms with Crippen LogP contribution < -0.4 is 21.5 Å². The van der Waals surface area contributed by atoms with Crippen LogP contribution in [0.25, 0.3) is 0 Å². The number of amides is 1. The van der Waals surface area contributed by atoms with Crippen LogP contribution in [0.5, 0.6) is 5.75 Å². The second-order valence-corrected chi connectivity index (χ2v) is 13.6. The van der Waals surface area contributed by atoms with Gasteiger partial charge in [-0.2, -0.15) is 0 Å². The van der Waals surface area contributed by atoms with Gasteiger partial charge in [0.25, 0.3) is 0 Å². The van der Waals surface area contributed by atoms with Gasteiger partial charge < -0.3 is 31.0 Å². The Hall–Kier alpha value is -3.79. The summed E-state index contributed by atoms with van der Waals surface area (Å²) in [4.78, 5) is 30.0. The number of aryl methyl sites for hydroxylation is 2. The number of esters is 1. The number of carbonyl (C=O) groups excluding carboxylic acids is 2. The molecule has 11 heteroatoms. The van der Waals surface area contributed by atoms with Gasteiger partial charge in [-0.15, -0.1) is 0 Å². The predicted octanol–water partition coefficient (Wildman–Crippen LogP) is 7.36. The van der Waals surface area contributed by atoms with Gasteiger partial charge in [0.1, 0.15) is 34.5 Å². The van der Waals surface area contributed by atoms with E-state index < -0.39 is 29.3 Å². The number of fused-ring (bicyclic) bond motifs is 1. The first kappa shape index (κ1) is 35.1. The minimum absolute atomic E-state index is 0.305. The number of ether oxygens (including phenoxy) is 3. The number of aliphatic imine (C=N–C) groups is 1. The van der Waals surface area contributed by atoms with Crippen molar-refractivity contribution in [3.8, 4) is 5.75 Å². The van der Waals surface area contributed by atoms with Crippen molar-refractivity contribution in [2.24, 2.45) is 16.5 Å². The first-order valence-corrected chi connectivity index (χ1v) is 16.0. The van der Waals surface area contributed by atoms with Gasteiger partial charge in [-0.1, -0.05) is 59.6 Å². The van der Waals surface area contributed by atoms with E-state index in [1.165, 1.54) is 0 Å². The summed E-state index contributed by atoms with van der Waals surface area (Å²) in [6.45, 7) is 9.57. The first-order valence-electron chi connectivity index (χ1n) is 15.2. The Balaban J connectivity index is 1.25. The fourth-order valence-electron chi connectivity index (χ4n) is 4.93. The van der Waals surface area contributed by atoms with Crippen molar-refractivity contribution in [2.45, 2.75) is 90.2 Å². The van der Waals surface area contributed by atoms with E-state index >= 15 is 0 Å². The third-order valence-corrected chi connectivity index (χ3v) is 8.35. The molecular formula is C35H42Cl2N4O5. The van der Waals surface area contributed by atoms with Gasteiger partial charge in [-0.3, -0.25) is 0 Å². The van der Waals surface area contributed by atoms with E-state index in [1.54, 1.807) is 30.3 Å². The summed E-state index contributed by atoms with van der Waals surface area (Å²) in [7, 11) is 0. The summed E-state index contributed by atoms with van der Waals surface area (Å²) in [5.74, 6) is 0.404. The SMILES string of the molecule is CC1Oc2ccc(C(N)C(=O)OC(C)(C)CCc3cccc(CNC(=O)OC(C)(C)CCc4ccc(Cl)cc4Cl)c3)cc2N=C1N. The minimum Gasteiger partial charge on any atom is -0.481 e. The minimum atomic E-state index is -0.991. The number of benzene rings is 3. The third-order valence-electron chi connectivity index (χ3n) is 7.77. The molecule has 0 spiro atoms. The summed E-state index contributed by atoms with van der Waals surface area (Å²) in [6, 6.07) is 17.4. The second-order valence-electron chi connectivity index (χ2n) is 12.7. The molecular weight excluding hydrogens is 627 g/mol. The fraction of sp³-hybridized carbons (Fsp3) is 0.400. The Morgan fingerprint density at radius 2 is 1.65 bits per heavy atom. The van der Waals surface area contributed by atoms with E-state index in [0.29, 0.717) is 65.1 Å². The standard InChI is InChI=1S/C35H42Cl2N4O5/c1-21-31(39)41-28-18-25(10-12-29(28)44-21)30(38)32(42)45-34(2,3)15-13-22-7-6-8-23(17-22)20-40-33(43)46-35(4,5)16-14-24-9-11-26(36)19-27(24)37/h6-12,17-19,21,30H,13-16,20,38H2,1-5H3,(H2,39,41)(H,40,43). The Morgan fingerprint density at radius 3 is 2.39 bits per heavy atom.